The van der Waals surface area contributed by atoms with Gasteiger partial charge in [-0.2, -0.15) is 0 Å². The molecule has 6 nitrogen and oxygen atoms in total. The third-order valence-corrected chi connectivity index (χ3v) is 8.15. The Kier molecular flexibility index (Phi) is 3.31. The topological polar surface area (TPSA) is 82.0 Å². The van der Waals surface area contributed by atoms with E-state index in [1.165, 1.54) is 25.3 Å². The molecule has 2 aliphatic heterocycles. The van der Waals surface area contributed by atoms with E-state index < -0.39 is 11.0 Å². The number of carbonyl (C=O) groups is 1. The van der Waals surface area contributed by atoms with Crippen LogP contribution in [0.15, 0.2) is 12.1 Å². The normalized spacial score (nSPS) is 40.6. The van der Waals surface area contributed by atoms with Crippen LogP contribution in [0.3, 0.4) is 0 Å². The Bertz CT molecular complexity index is 868. The van der Waals surface area contributed by atoms with Gasteiger partial charge in [-0.05, 0) is 62.6 Å². The lowest BCUT2D eigenvalue weighted by molar-refractivity contribution is -0.192. The number of rotatable bonds is 3. The third-order valence-electron chi connectivity index (χ3n) is 8.15. The number of phenolic OH excluding ortho intramolecular Hbond substituents is 1. The predicted molar refractivity (Wildman–Crippen MR) is 102 cm³/mol. The average Bonchev–Trinajstić information content (AvgIpc) is 3.38. The van der Waals surface area contributed by atoms with E-state index in [0.29, 0.717) is 18.6 Å². The van der Waals surface area contributed by atoms with Crippen molar-refractivity contribution in [3.63, 3.8) is 0 Å². The fourth-order valence-corrected chi connectivity index (χ4v) is 6.89. The number of carbonyl (C=O) groups excluding carboxylic acids is 1. The summed E-state index contributed by atoms with van der Waals surface area (Å²) in [4.78, 5) is 14.4. The fraction of sp³-hybridized carbons (Fsp3) is 0.682. The summed E-state index contributed by atoms with van der Waals surface area (Å²) in [6.45, 7) is 3.54. The molecule has 28 heavy (non-hydrogen) atoms. The highest BCUT2D eigenvalue weighted by molar-refractivity contribution is 5.73. The molecular formula is C22H28N2O4. The van der Waals surface area contributed by atoms with Gasteiger partial charge >= 0.3 is 0 Å². The standard InChI is InChI=1S/C22H28N2O4/c1-12(25)23-15-6-7-22(27)17-10-14-4-5-16(26)19-18(14)21(22,20(15)28-19)8-9-24(17)11-13-2-3-13/h4-5,13,15,17,20,26-27H,2-3,6-11H2,1H3,(H,23,25)/t15?,17-,20+,21?,22-/m0/s1. The number of aliphatic hydroxyl groups is 1. The van der Waals surface area contributed by atoms with Crippen molar-refractivity contribution >= 4 is 5.91 Å². The van der Waals surface area contributed by atoms with Crippen molar-refractivity contribution in [2.24, 2.45) is 5.92 Å². The minimum atomic E-state index is -0.883. The molecule has 1 spiro atoms. The molecule has 1 saturated heterocycles. The lowest BCUT2D eigenvalue weighted by Gasteiger charge is -2.64. The Balaban J connectivity index is 1.52. The first kappa shape index (κ1) is 17.1. The number of hydrogen-bond donors (Lipinski definition) is 3. The zero-order valence-electron chi connectivity index (χ0n) is 16.3. The molecule has 2 heterocycles. The summed E-state index contributed by atoms with van der Waals surface area (Å²) in [5, 5.41) is 25.8. The molecule has 5 aliphatic rings. The van der Waals surface area contributed by atoms with Crippen molar-refractivity contribution in [1.29, 1.82) is 0 Å². The van der Waals surface area contributed by atoms with Gasteiger partial charge in [0.1, 0.15) is 6.10 Å². The summed E-state index contributed by atoms with van der Waals surface area (Å²) >= 11 is 0. The van der Waals surface area contributed by atoms with Gasteiger partial charge in [0.05, 0.1) is 17.1 Å². The van der Waals surface area contributed by atoms with Crippen molar-refractivity contribution in [2.45, 2.75) is 74.7 Å². The van der Waals surface area contributed by atoms with E-state index in [1.807, 2.05) is 6.07 Å². The van der Waals surface area contributed by atoms with Crippen molar-refractivity contribution < 1.29 is 19.7 Å². The number of ether oxygens (including phenoxy) is 1. The zero-order valence-corrected chi connectivity index (χ0v) is 16.3. The largest absolute Gasteiger partial charge is 0.504 e. The number of nitrogens with zero attached hydrogens (tertiary/aromatic N) is 1. The Morgan fingerprint density at radius 2 is 2.14 bits per heavy atom. The molecule has 6 rings (SSSR count). The van der Waals surface area contributed by atoms with E-state index >= 15 is 0 Å². The number of nitrogens with one attached hydrogen (secondary N) is 1. The molecular weight excluding hydrogens is 356 g/mol. The molecule has 5 atom stereocenters. The van der Waals surface area contributed by atoms with Gasteiger partial charge in [0.15, 0.2) is 11.5 Å². The van der Waals surface area contributed by atoms with Crippen LogP contribution in [0.4, 0.5) is 0 Å². The Morgan fingerprint density at radius 3 is 2.89 bits per heavy atom. The summed E-state index contributed by atoms with van der Waals surface area (Å²) in [6, 6.07) is 3.66. The van der Waals surface area contributed by atoms with Crippen LogP contribution in [0.5, 0.6) is 11.5 Å². The van der Waals surface area contributed by atoms with Crippen molar-refractivity contribution in [1.82, 2.24) is 10.2 Å². The lowest BCUT2D eigenvalue weighted by atomic mass is 9.48. The van der Waals surface area contributed by atoms with Crippen LogP contribution in [0.2, 0.25) is 0 Å². The maximum atomic E-state index is 12.2. The molecule has 3 fully saturated rings. The van der Waals surface area contributed by atoms with Crippen LogP contribution in [0.25, 0.3) is 0 Å². The molecule has 6 heteroatoms. The molecule has 1 aromatic carbocycles. The highest BCUT2D eigenvalue weighted by atomic mass is 16.5. The van der Waals surface area contributed by atoms with Crippen molar-refractivity contribution in [3.05, 3.63) is 23.3 Å². The molecule has 150 valence electrons. The summed E-state index contributed by atoms with van der Waals surface area (Å²) < 4.78 is 6.37. The van der Waals surface area contributed by atoms with Crippen LogP contribution in [0.1, 0.15) is 50.2 Å². The van der Waals surface area contributed by atoms with Gasteiger partial charge in [-0.25, -0.2) is 0 Å². The quantitative estimate of drug-likeness (QED) is 0.735. The summed E-state index contributed by atoms with van der Waals surface area (Å²) in [5.74, 6) is 1.38. The fourth-order valence-electron chi connectivity index (χ4n) is 6.89. The molecule has 0 radical (unpaired) electrons. The Labute approximate surface area is 164 Å². The van der Waals surface area contributed by atoms with Gasteiger partial charge < -0.3 is 20.3 Å². The monoisotopic (exact) mass is 384 g/mol. The first-order valence-electron chi connectivity index (χ1n) is 10.7. The van der Waals surface area contributed by atoms with Gasteiger partial charge in [0, 0.05) is 25.1 Å². The van der Waals surface area contributed by atoms with Crippen LogP contribution in [0, 0.1) is 5.92 Å². The van der Waals surface area contributed by atoms with E-state index in [1.54, 1.807) is 6.07 Å². The highest BCUT2D eigenvalue weighted by Crippen LogP contribution is 2.65. The Morgan fingerprint density at radius 1 is 1.32 bits per heavy atom. The number of amides is 1. The number of hydrogen-bond acceptors (Lipinski definition) is 5. The van der Waals surface area contributed by atoms with E-state index in [0.717, 1.165) is 37.4 Å². The van der Waals surface area contributed by atoms with E-state index in [4.69, 9.17) is 4.74 Å². The maximum Gasteiger partial charge on any atom is 0.217 e. The van der Waals surface area contributed by atoms with Crippen molar-refractivity contribution in [2.75, 3.05) is 13.1 Å². The second kappa shape index (κ2) is 5.42. The van der Waals surface area contributed by atoms with E-state index in [9.17, 15) is 15.0 Å². The number of phenols is 1. The minimum absolute atomic E-state index is 0.0747. The number of likely N-dealkylation sites (tertiary alicyclic amines) is 1. The molecule has 1 amide bonds. The van der Waals surface area contributed by atoms with Gasteiger partial charge in [0.25, 0.3) is 0 Å². The number of benzene rings is 1. The van der Waals surface area contributed by atoms with E-state index in [2.05, 4.69) is 10.2 Å². The first-order valence-corrected chi connectivity index (χ1v) is 10.7. The van der Waals surface area contributed by atoms with Crippen LogP contribution in [-0.2, 0) is 16.6 Å². The molecule has 2 unspecified atom stereocenters. The second-order valence-corrected chi connectivity index (χ2v) is 9.64. The molecule has 1 aromatic rings. The van der Waals surface area contributed by atoms with Gasteiger partial charge in [-0.3, -0.25) is 9.69 Å². The number of aromatic hydroxyl groups is 1. The lowest BCUT2D eigenvalue weighted by Crippen LogP contribution is -2.78. The zero-order chi connectivity index (χ0) is 19.3. The summed E-state index contributed by atoms with van der Waals surface area (Å²) in [6.07, 6.45) is 5.22. The molecule has 2 bridgehead atoms. The van der Waals surface area contributed by atoms with Gasteiger partial charge in [-0.15, -0.1) is 0 Å². The maximum absolute atomic E-state index is 12.2. The third kappa shape index (κ3) is 1.98. The SMILES string of the molecule is CC(=O)NC1CC[C@]2(O)[C@@H]3Cc4ccc(O)c5c4C2(CCN3CC2CC2)[C@@H]1O5. The van der Waals surface area contributed by atoms with Gasteiger partial charge in [-0.1, -0.05) is 6.07 Å². The molecule has 3 N–H and O–H groups in total. The molecule has 3 aliphatic carbocycles. The average molecular weight is 384 g/mol. The summed E-state index contributed by atoms with van der Waals surface area (Å²) in [7, 11) is 0. The minimum Gasteiger partial charge on any atom is -0.504 e. The van der Waals surface area contributed by atoms with Crippen LogP contribution in [-0.4, -0.2) is 57.9 Å². The highest BCUT2D eigenvalue weighted by Gasteiger charge is 2.73. The van der Waals surface area contributed by atoms with Gasteiger partial charge in [0.2, 0.25) is 5.91 Å². The Hall–Kier alpha value is -1.79. The molecule has 2 saturated carbocycles. The number of piperidine rings is 1. The van der Waals surface area contributed by atoms with Crippen LogP contribution >= 0.6 is 0 Å². The smallest absolute Gasteiger partial charge is 0.217 e. The predicted octanol–water partition coefficient (Wildman–Crippen LogP) is 1.46. The molecule has 0 aromatic heterocycles. The van der Waals surface area contributed by atoms with Crippen LogP contribution < -0.4 is 10.1 Å². The first-order chi connectivity index (χ1) is 13.4. The summed E-state index contributed by atoms with van der Waals surface area (Å²) in [5.41, 5.74) is 0.766. The second-order valence-electron chi connectivity index (χ2n) is 9.64. The van der Waals surface area contributed by atoms with Crippen molar-refractivity contribution in [3.8, 4) is 11.5 Å². The van der Waals surface area contributed by atoms with E-state index in [-0.39, 0.29) is 29.8 Å².